The summed E-state index contributed by atoms with van der Waals surface area (Å²) in [5.74, 6) is 0. The van der Waals surface area contributed by atoms with Crippen LogP contribution in [-0.4, -0.2) is 4.57 Å². The number of anilines is 2. The number of aromatic nitrogens is 1. The van der Waals surface area contributed by atoms with Crippen molar-refractivity contribution in [3.05, 3.63) is 212 Å². The summed E-state index contributed by atoms with van der Waals surface area (Å²) in [6.45, 7) is 0. The first-order valence-corrected chi connectivity index (χ1v) is 20.2. The van der Waals surface area contributed by atoms with E-state index in [4.69, 9.17) is 4.42 Å². The fraction of sp³-hybridized carbons (Fsp3) is 0. The van der Waals surface area contributed by atoms with Gasteiger partial charge < -0.3 is 14.3 Å². The van der Waals surface area contributed by atoms with E-state index in [2.05, 4.69) is 222 Å². The number of nitrogens with one attached hydrogen (secondary N) is 1. The quantitative estimate of drug-likeness (QED) is 0.183. The third-order valence-corrected chi connectivity index (χ3v) is 11.9. The molecule has 0 amide bonds. The van der Waals surface area contributed by atoms with Crippen molar-refractivity contribution in [1.29, 1.82) is 0 Å². The van der Waals surface area contributed by atoms with Crippen LogP contribution >= 0.6 is 0 Å². The van der Waals surface area contributed by atoms with Crippen LogP contribution in [0.5, 0.6) is 0 Å². The number of hydrogen-bond acceptors (Lipinski definition) is 2. The van der Waals surface area contributed by atoms with Crippen LogP contribution in [0.1, 0.15) is 0 Å². The van der Waals surface area contributed by atoms with Crippen LogP contribution in [0.25, 0.3) is 104 Å². The molecule has 3 nitrogen and oxygen atoms in total. The molecule has 0 aliphatic carbocycles. The Bertz CT molecular complexity index is 3580. The molecule has 0 fully saturated rings. The first-order chi connectivity index (χ1) is 29.2. The monoisotopic (exact) mass is 752 g/mol. The minimum absolute atomic E-state index is 0.864. The topological polar surface area (TPSA) is 30.1 Å². The highest BCUT2D eigenvalue weighted by molar-refractivity contribution is 6.23. The minimum Gasteiger partial charge on any atom is -0.456 e. The summed E-state index contributed by atoms with van der Waals surface area (Å²) in [6, 6.07) is 76.3. The largest absolute Gasteiger partial charge is 0.456 e. The molecular formula is C56H36N2O. The van der Waals surface area contributed by atoms with Gasteiger partial charge in [-0.05, 0) is 122 Å². The van der Waals surface area contributed by atoms with Gasteiger partial charge >= 0.3 is 0 Å². The van der Waals surface area contributed by atoms with E-state index in [9.17, 15) is 0 Å². The van der Waals surface area contributed by atoms with Crippen LogP contribution < -0.4 is 5.32 Å². The fourth-order valence-corrected chi connectivity index (χ4v) is 9.17. The number of nitrogens with zero attached hydrogens (tertiary/aromatic N) is 1. The molecular weight excluding hydrogens is 717 g/mol. The summed E-state index contributed by atoms with van der Waals surface area (Å²) in [5, 5.41) is 13.3. The molecule has 12 aromatic rings. The van der Waals surface area contributed by atoms with Gasteiger partial charge in [-0.3, -0.25) is 0 Å². The molecule has 2 heterocycles. The zero-order valence-corrected chi connectivity index (χ0v) is 32.1. The Morgan fingerprint density at radius 3 is 1.90 bits per heavy atom. The maximum absolute atomic E-state index is 6.71. The van der Waals surface area contributed by atoms with Crippen molar-refractivity contribution in [2.45, 2.75) is 0 Å². The lowest BCUT2D eigenvalue weighted by Gasteiger charge is -2.15. The van der Waals surface area contributed by atoms with Crippen LogP contribution in [0.2, 0.25) is 0 Å². The van der Waals surface area contributed by atoms with Gasteiger partial charge in [0.25, 0.3) is 0 Å². The molecule has 2 aromatic heterocycles. The van der Waals surface area contributed by atoms with E-state index in [-0.39, 0.29) is 0 Å². The summed E-state index contributed by atoms with van der Waals surface area (Å²) >= 11 is 0. The standard InChI is InChI=1S/C56H36N2O/c1-3-13-36(14-4-1)39-25-28-51(48(32-39)40-24-23-37-15-7-8-16-38(37)31-40)57-42-27-30-54-50(34-42)56-46-21-10-9-19-44(46)47(35-55(56)59-54)41-26-29-53-49(33-41)45-20-11-12-22-52(45)58(53)43-17-5-2-6-18-43/h1-35,57H. The van der Waals surface area contributed by atoms with E-state index in [1.165, 1.54) is 60.0 Å². The number of para-hydroxylation sites is 2. The van der Waals surface area contributed by atoms with Gasteiger partial charge in [-0.2, -0.15) is 0 Å². The van der Waals surface area contributed by atoms with Crippen LogP contribution in [0.15, 0.2) is 217 Å². The van der Waals surface area contributed by atoms with Gasteiger partial charge in [-0.25, -0.2) is 0 Å². The van der Waals surface area contributed by atoms with E-state index >= 15 is 0 Å². The molecule has 0 bridgehead atoms. The Labute approximate surface area is 341 Å². The average Bonchev–Trinajstić information content (AvgIpc) is 3.84. The van der Waals surface area contributed by atoms with Crippen molar-refractivity contribution >= 4 is 76.7 Å². The van der Waals surface area contributed by atoms with Crippen LogP contribution in [0.4, 0.5) is 11.4 Å². The molecule has 0 spiro atoms. The fourth-order valence-electron chi connectivity index (χ4n) is 9.17. The zero-order chi connectivity index (χ0) is 38.9. The lowest BCUT2D eigenvalue weighted by atomic mass is 9.94. The Morgan fingerprint density at radius 1 is 0.356 bits per heavy atom. The van der Waals surface area contributed by atoms with E-state index in [0.29, 0.717) is 0 Å². The predicted octanol–water partition coefficient (Wildman–Crippen LogP) is 15.7. The van der Waals surface area contributed by atoms with Crippen molar-refractivity contribution in [1.82, 2.24) is 4.57 Å². The second-order valence-electron chi connectivity index (χ2n) is 15.4. The van der Waals surface area contributed by atoms with Gasteiger partial charge in [0.2, 0.25) is 0 Å². The number of hydrogen-bond donors (Lipinski definition) is 1. The maximum atomic E-state index is 6.71. The molecule has 0 atom stereocenters. The molecule has 0 unspecified atom stereocenters. The number of furan rings is 1. The van der Waals surface area contributed by atoms with Crippen molar-refractivity contribution in [3.8, 4) is 39.1 Å². The minimum atomic E-state index is 0.864. The molecule has 1 N–H and O–H groups in total. The van der Waals surface area contributed by atoms with E-state index in [1.54, 1.807) is 0 Å². The van der Waals surface area contributed by atoms with Crippen LogP contribution in [0, 0.1) is 0 Å². The molecule has 0 aliphatic heterocycles. The van der Waals surface area contributed by atoms with Crippen molar-refractivity contribution in [2.75, 3.05) is 5.32 Å². The van der Waals surface area contributed by atoms with Gasteiger partial charge in [0, 0.05) is 44.2 Å². The van der Waals surface area contributed by atoms with Crippen molar-refractivity contribution in [3.63, 3.8) is 0 Å². The molecule has 0 saturated carbocycles. The van der Waals surface area contributed by atoms with Gasteiger partial charge in [0.15, 0.2) is 0 Å². The van der Waals surface area contributed by atoms with Gasteiger partial charge in [0.1, 0.15) is 11.2 Å². The molecule has 0 saturated heterocycles. The van der Waals surface area contributed by atoms with Gasteiger partial charge in [-0.1, -0.05) is 140 Å². The average molecular weight is 753 g/mol. The van der Waals surface area contributed by atoms with Gasteiger partial charge in [0.05, 0.1) is 11.0 Å². The van der Waals surface area contributed by atoms with Gasteiger partial charge in [-0.15, -0.1) is 0 Å². The summed E-state index contributed by atoms with van der Waals surface area (Å²) in [4.78, 5) is 0. The Balaban J connectivity index is 0.988. The maximum Gasteiger partial charge on any atom is 0.136 e. The Kier molecular flexibility index (Phi) is 7.54. The smallest absolute Gasteiger partial charge is 0.136 e. The Hall–Kier alpha value is -7.88. The molecule has 10 aromatic carbocycles. The molecule has 0 radical (unpaired) electrons. The first-order valence-electron chi connectivity index (χ1n) is 20.2. The molecule has 3 heteroatoms. The second-order valence-corrected chi connectivity index (χ2v) is 15.4. The summed E-state index contributed by atoms with van der Waals surface area (Å²) < 4.78 is 9.08. The number of fused-ring (bicyclic) bond motifs is 9. The number of rotatable bonds is 6. The molecule has 59 heavy (non-hydrogen) atoms. The number of benzene rings is 10. The van der Waals surface area contributed by atoms with E-state index in [1.807, 2.05) is 0 Å². The lowest BCUT2D eigenvalue weighted by Crippen LogP contribution is -1.94. The lowest BCUT2D eigenvalue weighted by molar-refractivity contribution is 0.669. The molecule has 276 valence electrons. The zero-order valence-electron chi connectivity index (χ0n) is 32.1. The molecule has 12 rings (SSSR count). The predicted molar refractivity (Wildman–Crippen MR) is 249 cm³/mol. The SMILES string of the molecule is c1ccc(-c2ccc(Nc3ccc4oc5cc(-c6ccc7c(c6)c6ccccc6n7-c6ccccc6)c6ccccc6c5c4c3)c(-c3ccc4ccccc4c3)c2)cc1. The highest BCUT2D eigenvalue weighted by Gasteiger charge is 2.18. The summed E-state index contributed by atoms with van der Waals surface area (Å²) in [6.07, 6.45) is 0. The second kappa shape index (κ2) is 13.4. The summed E-state index contributed by atoms with van der Waals surface area (Å²) in [5.41, 5.74) is 14.3. The summed E-state index contributed by atoms with van der Waals surface area (Å²) in [7, 11) is 0. The van der Waals surface area contributed by atoms with E-state index < -0.39 is 0 Å². The highest BCUT2D eigenvalue weighted by Crippen LogP contribution is 2.43. The highest BCUT2D eigenvalue weighted by atomic mass is 16.3. The van der Waals surface area contributed by atoms with Crippen molar-refractivity contribution in [2.24, 2.45) is 0 Å². The third kappa shape index (κ3) is 5.51. The van der Waals surface area contributed by atoms with E-state index in [0.717, 1.165) is 55.7 Å². The Morgan fingerprint density at radius 2 is 1.03 bits per heavy atom. The normalized spacial score (nSPS) is 11.7. The van der Waals surface area contributed by atoms with Crippen LogP contribution in [-0.2, 0) is 0 Å². The molecule has 0 aliphatic rings. The third-order valence-electron chi connectivity index (χ3n) is 11.9. The first kappa shape index (κ1) is 33.3. The van der Waals surface area contributed by atoms with Crippen molar-refractivity contribution < 1.29 is 4.42 Å². The van der Waals surface area contributed by atoms with Crippen LogP contribution in [0.3, 0.4) is 0 Å².